The van der Waals surface area contributed by atoms with Gasteiger partial charge in [-0.05, 0) is 63.8 Å². The number of benzene rings is 1. The minimum absolute atomic E-state index is 0.0854. The van der Waals surface area contributed by atoms with Gasteiger partial charge in [-0.15, -0.1) is 34.5 Å². The average molecular weight is 733 g/mol. The molecule has 3 heterocycles. The summed E-state index contributed by atoms with van der Waals surface area (Å²) in [6.07, 6.45) is 2.07. The van der Waals surface area contributed by atoms with E-state index in [-0.39, 0.29) is 48.2 Å². The fourth-order valence-corrected chi connectivity index (χ4v) is 9.40. The Morgan fingerprint density at radius 2 is 1.88 bits per heavy atom. The number of ether oxygens (including phenoxy) is 1. The molecule has 0 spiro atoms. The fourth-order valence-electron chi connectivity index (χ4n) is 6.82. The van der Waals surface area contributed by atoms with Gasteiger partial charge >= 0.3 is 0 Å². The Morgan fingerprint density at radius 1 is 1.12 bits per heavy atom. The van der Waals surface area contributed by atoms with E-state index in [1.807, 2.05) is 23.6 Å². The Kier molecular flexibility index (Phi) is 6.93. The lowest BCUT2D eigenvalue weighted by molar-refractivity contribution is -0.141. The zero-order valence-electron chi connectivity index (χ0n) is 20.9. The molecule has 2 aliphatic carbocycles. The van der Waals surface area contributed by atoms with Crippen molar-refractivity contribution < 1.29 is 29.0 Å². The van der Waals surface area contributed by atoms with Crippen LogP contribution in [0.25, 0.3) is 0 Å². The third-order valence-electron chi connectivity index (χ3n) is 8.60. The van der Waals surface area contributed by atoms with Crippen LogP contribution in [0.1, 0.15) is 29.2 Å². The van der Waals surface area contributed by atoms with Crippen molar-refractivity contribution in [3.05, 3.63) is 56.2 Å². The molecule has 1 aromatic carbocycles. The van der Waals surface area contributed by atoms with Crippen molar-refractivity contribution in [3.8, 4) is 11.5 Å². The number of thiophene rings is 1. The number of halogens is 4. The first kappa shape index (κ1) is 28.2. The number of fused-ring (bicyclic) bond motifs is 4. The first-order chi connectivity index (χ1) is 19.0. The van der Waals surface area contributed by atoms with Crippen molar-refractivity contribution in [3.63, 3.8) is 0 Å². The zero-order chi connectivity index (χ0) is 28.7. The number of hydrogen-bond acceptors (Lipinski definition) is 7. The second-order valence-corrected chi connectivity index (χ2v) is 14.0. The number of likely N-dealkylation sites (tertiary alicyclic amines) is 2. The minimum Gasteiger partial charge on any atom is -0.503 e. The number of aromatic hydroxyl groups is 1. The van der Waals surface area contributed by atoms with Crippen LogP contribution in [0.5, 0.6) is 11.5 Å². The molecule has 1 aromatic heterocycles. The zero-order valence-corrected chi connectivity index (χ0v) is 26.4. The van der Waals surface area contributed by atoms with Crippen LogP contribution in [-0.4, -0.2) is 60.8 Å². The second kappa shape index (κ2) is 9.83. The molecule has 210 valence electrons. The first-order valence-electron chi connectivity index (χ1n) is 12.4. The van der Waals surface area contributed by atoms with Crippen molar-refractivity contribution in [2.45, 2.75) is 35.1 Å². The average Bonchev–Trinajstić information content (AvgIpc) is 3.57. The van der Waals surface area contributed by atoms with E-state index in [9.17, 15) is 24.3 Å². The topological polar surface area (TPSA) is 104 Å². The number of phenolic OH excluding ortho intramolecular Hbond substituents is 1. The molecular formula is C27H22Br2Cl2N2O6S. The van der Waals surface area contributed by atoms with Crippen LogP contribution in [0.2, 0.25) is 0 Å². The van der Waals surface area contributed by atoms with Crippen molar-refractivity contribution in [1.82, 2.24) is 9.80 Å². The minimum atomic E-state index is -1.93. The van der Waals surface area contributed by atoms with Crippen molar-refractivity contribution in [2.75, 3.05) is 12.6 Å². The molecule has 2 aromatic rings. The highest BCUT2D eigenvalue weighted by atomic mass is 79.9. The van der Waals surface area contributed by atoms with Crippen LogP contribution in [0.15, 0.2) is 45.8 Å². The highest BCUT2D eigenvalue weighted by Gasteiger charge is 2.76. The third kappa shape index (κ3) is 3.66. The molecule has 8 nitrogen and oxygen atoms in total. The maximum atomic E-state index is 13.9. The summed E-state index contributed by atoms with van der Waals surface area (Å²) < 4.78 is 5.66. The van der Waals surface area contributed by atoms with Gasteiger partial charge in [0.15, 0.2) is 21.2 Å². The summed E-state index contributed by atoms with van der Waals surface area (Å²) in [5.74, 6) is -4.84. The quantitative estimate of drug-likeness (QED) is 0.198. The van der Waals surface area contributed by atoms with Crippen molar-refractivity contribution in [1.29, 1.82) is 0 Å². The number of carbonyl (C=O) groups is 4. The maximum absolute atomic E-state index is 13.9. The summed E-state index contributed by atoms with van der Waals surface area (Å²) in [5, 5.41) is 12.4. The second-order valence-electron chi connectivity index (χ2n) is 10.4. The molecule has 3 fully saturated rings. The van der Waals surface area contributed by atoms with E-state index in [0.29, 0.717) is 15.6 Å². The SMILES string of the molecule is COc1cc([C@H]2C3=CC[C@@H]4C(=O)N(Cc5cccs5)C(=O)[C@@H]4[C@@H]3C[C@@]3(Cl)C(=O)N(CBr)C(=O)[C@@]23Cl)cc(Br)c1O. The predicted octanol–water partition coefficient (Wildman–Crippen LogP) is 5.14. The molecule has 4 aliphatic rings. The van der Waals surface area contributed by atoms with E-state index in [1.165, 1.54) is 23.3 Å². The summed E-state index contributed by atoms with van der Waals surface area (Å²) in [4.78, 5) is 54.3. The molecule has 0 unspecified atom stereocenters. The number of carbonyl (C=O) groups excluding carboxylic acids is 4. The Hall–Kier alpha value is -1.92. The molecule has 40 heavy (non-hydrogen) atoms. The number of amides is 4. The van der Waals surface area contributed by atoms with Gasteiger partial charge in [0.1, 0.15) is 0 Å². The van der Waals surface area contributed by atoms with E-state index in [1.54, 1.807) is 12.1 Å². The van der Waals surface area contributed by atoms with Gasteiger partial charge in [0.25, 0.3) is 11.8 Å². The lowest BCUT2D eigenvalue weighted by Gasteiger charge is -2.50. The summed E-state index contributed by atoms with van der Waals surface area (Å²) in [7, 11) is 1.39. The molecule has 0 bridgehead atoms. The van der Waals surface area contributed by atoms with Gasteiger partial charge in [0.2, 0.25) is 11.8 Å². The van der Waals surface area contributed by atoms with Crippen LogP contribution < -0.4 is 4.74 Å². The van der Waals surface area contributed by atoms with Gasteiger partial charge in [0, 0.05) is 10.8 Å². The van der Waals surface area contributed by atoms with Gasteiger partial charge < -0.3 is 9.84 Å². The molecule has 1 N–H and O–H groups in total. The number of alkyl halides is 3. The fraction of sp³-hybridized carbons (Fsp3) is 0.407. The molecule has 13 heteroatoms. The molecule has 0 radical (unpaired) electrons. The van der Waals surface area contributed by atoms with Gasteiger partial charge in [-0.25, -0.2) is 0 Å². The highest BCUT2D eigenvalue weighted by molar-refractivity contribution is 9.10. The number of hydrogen-bond donors (Lipinski definition) is 1. The number of rotatable bonds is 5. The molecule has 4 amide bonds. The number of allylic oxidation sites excluding steroid dienone is 2. The Bertz CT molecular complexity index is 1500. The van der Waals surface area contributed by atoms with Crippen molar-refractivity contribution >= 4 is 90.0 Å². The van der Waals surface area contributed by atoms with Crippen molar-refractivity contribution in [2.24, 2.45) is 17.8 Å². The van der Waals surface area contributed by atoms with Gasteiger partial charge in [-0.1, -0.05) is 33.6 Å². The van der Waals surface area contributed by atoms with Crippen LogP contribution in [0.4, 0.5) is 0 Å². The monoisotopic (exact) mass is 730 g/mol. The van der Waals surface area contributed by atoms with Crippen LogP contribution in [-0.2, 0) is 25.7 Å². The van der Waals surface area contributed by atoms with Gasteiger partial charge in [-0.3, -0.25) is 29.0 Å². The van der Waals surface area contributed by atoms with E-state index in [2.05, 4.69) is 31.9 Å². The van der Waals surface area contributed by atoms with Gasteiger partial charge in [0.05, 0.1) is 35.4 Å². The number of imide groups is 2. The summed E-state index contributed by atoms with van der Waals surface area (Å²) in [6.45, 7) is 0.177. The Labute approximate surface area is 260 Å². The van der Waals surface area contributed by atoms with Crippen LogP contribution in [0, 0.1) is 17.8 Å². The van der Waals surface area contributed by atoms with Crippen LogP contribution in [0.3, 0.4) is 0 Å². The van der Waals surface area contributed by atoms with E-state index in [4.69, 9.17) is 27.9 Å². The number of nitrogens with zero attached hydrogens (tertiary/aromatic N) is 2. The largest absolute Gasteiger partial charge is 0.503 e. The van der Waals surface area contributed by atoms with Crippen LogP contribution >= 0.6 is 66.4 Å². The maximum Gasteiger partial charge on any atom is 0.254 e. The highest BCUT2D eigenvalue weighted by Crippen LogP contribution is 2.66. The number of phenols is 1. The first-order valence-corrected chi connectivity index (χ1v) is 16.0. The predicted molar refractivity (Wildman–Crippen MR) is 156 cm³/mol. The summed E-state index contributed by atoms with van der Waals surface area (Å²) in [6, 6.07) is 6.90. The Balaban J connectivity index is 1.52. The molecule has 1 saturated carbocycles. The summed E-state index contributed by atoms with van der Waals surface area (Å²) >= 11 is 22.5. The smallest absolute Gasteiger partial charge is 0.254 e. The molecule has 6 atom stereocenters. The lowest BCUT2D eigenvalue weighted by Crippen LogP contribution is -2.60. The molecular weight excluding hydrogens is 711 g/mol. The standard InChI is InChI=1S/C27H22Br2Cl2N2O6S/c1-39-18-8-12(7-17(29)21(18)34)20-14-4-5-15-19(23(36)32(22(15)35)10-13-3-2-6-40-13)16(14)9-26(30)24(37)33(11-28)25(38)27(20,26)31/h2-4,6-8,15-16,19-20,34H,5,9-11H2,1H3/t15-,16+,19-,20-,26+,27-/m0/s1. The van der Waals surface area contributed by atoms with E-state index in [0.717, 1.165) is 9.78 Å². The van der Waals surface area contributed by atoms with Gasteiger partial charge in [-0.2, -0.15) is 0 Å². The Morgan fingerprint density at radius 3 is 2.52 bits per heavy atom. The van der Waals surface area contributed by atoms with E-state index >= 15 is 0 Å². The molecule has 6 rings (SSSR count). The molecule has 2 aliphatic heterocycles. The lowest BCUT2D eigenvalue weighted by atomic mass is 9.56. The third-order valence-corrected chi connectivity index (χ3v) is 12.0. The summed E-state index contributed by atoms with van der Waals surface area (Å²) in [5.41, 5.74) is 1.04. The molecule has 2 saturated heterocycles. The number of methoxy groups -OCH3 is 1. The normalized spacial score (nSPS) is 33.2. The van der Waals surface area contributed by atoms with E-state index < -0.39 is 45.2 Å².